The second-order valence-electron chi connectivity index (χ2n) is 5.29. The molecule has 1 saturated heterocycles. The first kappa shape index (κ1) is 17.8. The number of carbonyl (C=O) groups is 1. The maximum atomic E-state index is 13.0. The number of hydrogen-bond acceptors (Lipinski definition) is 3. The number of hydrogen-bond donors (Lipinski definition) is 2. The third-order valence-electron chi connectivity index (χ3n) is 3.65. The number of carbonyl (C=O) groups excluding carboxylic acids is 1. The van der Waals surface area contributed by atoms with E-state index in [4.69, 9.17) is 16.0 Å². The van der Waals surface area contributed by atoms with Crippen molar-refractivity contribution in [1.29, 1.82) is 0 Å². The highest BCUT2D eigenvalue weighted by Crippen LogP contribution is 2.28. The van der Waals surface area contributed by atoms with Gasteiger partial charge in [0.1, 0.15) is 11.9 Å². The molecule has 2 atom stereocenters. The van der Waals surface area contributed by atoms with Crippen molar-refractivity contribution in [2.75, 3.05) is 13.1 Å². The van der Waals surface area contributed by atoms with Crippen molar-refractivity contribution in [1.82, 2.24) is 10.6 Å². The van der Waals surface area contributed by atoms with Gasteiger partial charge in [-0.15, -0.1) is 12.4 Å². The first-order valence-corrected chi connectivity index (χ1v) is 7.51. The molecule has 1 aromatic heterocycles. The highest BCUT2D eigenvalue weighted by molar-refractivity contribution is 6.33. The van der Waals surface area contributed by atoms with E-state index in [1.54, 1.807) is 18.2 Å². The first-order valence-electron chi connectivity index (χ1n) is 7.14. The normalized spacial score (nSPS) is 20.1. The van der Waals surface area contributed by atoms with E-state index in [1.807, 2.05) is 18.2 Å². The summed E-state index contributed by atoms with van der Waals surface area (Å²) in [5.74, 6) is 0.436. The molecule has 0 saturated carbocycles. The molecule has 2 N–H and O–H groups in total. The summed E-state index contributed by atoms with van der Waals surface area (Å²) in [5.41, 5.74) is 0.737. The van der Waals surface area contributed by atoms with Gasteiger partial charge in [-0.25, -0.2) is 4.39 Å². The van der Waals surface area contributed by atoms with Crippen LogP contribution in [0.25, 0.3) is 11.3 Å². The maximum absolute atomic E-state index is 13.0. The number of amides is 1. The van der Waals surface area contributed by atoms with Crippen LogP contribution >= 0.6 is 24.0 Å². The van der Waals surface area contributed by atoms with Gasteiger partial charge in [0.25, 0.3) is 5.91 Å². The van der Waals surface area contributed by atoms with E-state index in [0.29, 0.717) is 30.3 Å². The Kier molecular flexibility index (Phi) is 6.04. The molecular weight excluding hydrogens is 342 g/mol. The molecule has 2 aromatic rings. The minimum Gasteiger partial charge on any atom is -0.451 e. The van der Waals surface area contributed by atoms with Crippen molar-refractivity contribution < 1.29 is 13.6 Å². The zero-order valence-corrected chi connectivity index (χ0v) is 13.8. The molecule has 1 fully saturated rings. The molecule has 1 aliphatic heterocycles. The lowest BCUT2D eigenvalue weighted by molar-refractivity contribution is 0.0923. The van der Waals surface area contributed by atoms with E-state index in [9.17, 15) is 9.18 Å². The average molecular weight is 359 g/mol. The van der Waals surface area contributed by atoms with E-state index in [0.717, 1.165) is 5.56 Å². The van der Waals surface area contributed by atoms with Crippen molar-refractivity contribution in [3.05, 3.63) is 47.2 Å². The number of rotatable bonds is 4. The summed E-state index contributed by atoms with van der Waals surface area (Å²) in [6.07, 6.45) is -0.416. The minimum absolute atomic E-state index is 0. The van der Waals surface area contributed by atoms with Crippen LogP contribution in [-0.4, -0.2) is 31.2 Å². The SMILES string of the molecule is Cl.O=C(NC[C@@H]1C[C@H](F)CN1)c1ccc(-c2ccccc2Cl)o1. The second-order valence-corrected chi connectivity index (χ2v) is 5.70. The van der Waals surface area contributed by atoms with Crippen molar-refractivity contribution in [3.63, 3.8) is 0 Å². The predicted molar refractivity (Wildman–Crippen MR) is 90.0 cm³/mol. The van der Waals surface area contributed by atoms with E-state index >= 15 is 0 Å². The molecule has 4 nitrogen and oxygen atoms in total. The highest BCUT2D eigenvalue weighted by atomic mass is 35.5. The number of nitrogens with one attached hydrogen (secondary N) is 2. The molecule has 2 heterocycles. The van der Waals surface area contributed by atoms with Crippen LogP contribution in [0.4, 0.5) is 4.39 Å². The Morgan fingerprint density at radius 2 is 2.13 bits per heavy atom. The first-order chi connectivity index (χ1) is 10.6. The largest absolute Gasteiger partial charge is 0.451 e. The number of alkyl halides is 1. The Hall–Kier alpha value is -1.56. The number of furan rings is 1. The Bertz CT molecular complexity index is 678. The summed E-state index contributed by atoms with van der Waals surface area (Å²) in [6.45, 7) is 0.722. The monoisotopic (exact) mass is 358 g/mol. The molecule has 1 aliphatic rings. The minimum atomic E-state index is -0.836. The third-order valence-corrected chi connectivity index (χ3v) is 3.98. The lowest BCUT2D eigenvalue weighted by atomic mass is 10.2. The molecular formula is C16H17Cl2FN2O2. The molecule has 7 heteroatoms. The molecule has 0 aliphatic carbocycles. The van der Waals surface area contributed by atoms with Crippen LogP contribution in [0.1, 0.15) is 17.0 Å². The van der Waals surface area contributed by atoms with Gasteiger partial charge in [0, 0.05) is 24.7 Å². The topological polar surface area (TPSA) is 54.3 Å². The predicted octanol–water partition coefficient (Wildman–Crippen LogP) is 3.45. The van der Waals surface area contributed by atoms with E-state index in [2.05, 4.69) is 10.6 Å². The maximum Gasteiger partial charge on any atom is 0.287 e. The summed E-state index contributed by atoms with van der Waals surface area (Å²) < 4.78 is 18.6. The van der Waals surface area contributed by atoms with Gasteiger partial charge in [0.05, 0.1) is 5.02 Å². The van der Waals surface area contributed by atoms with Crippen molar-refractivity contribution in [3.8, 4) is 11.3 Å². The fourth-order valence-electron chi connectivity index (χ4n) is 2.49. The second kappa shape index (κ2) is 7.81. The molecule has 0 bridgehead atoms. The Balaban J connectivity index is 0.00000192. The summed E-state index contributed by atoms with van der Waals surface area (Å²) in [7, 11) is 0. The fraction of sp³-hybridized carbons (Fsp3) is 0.312. The molecule has 1 aromatic carbocycles. The van der Waals surface area contributed by atoms with Gasteiger partial charge in [-0.3, -0.25) is 4.79 Å². The number of benzene rings is 1. The van der Waals surface area contributed by atoms with Crippen molar-refractivity contribution >= 4 is 29.9 Å². The highest BCUT2D eigenvalue weighted by Gasteiger charge is 2.24. The van der Waals surface area contributed by atoms with Crippen LogP contribution < -0.4 is 10.6 Å². The number of halogens is 3. The van der Waals surface area contributed by atoms with E-state index in [-0.39, 0.29) is 30.1 Å². The zero-order chi connectivity index (χ0) is 15.5. The molecule has 124 valence electrons. The lowest BCUT2D eigenvalue weighted by Crippen LogP contribution is -2.37. The Morgan fingerprint density at radius 3 is 2.83 bits per heavy atom. The van der Waals surface area contributed by atoms with Crippen LogP contribution in [0.2, 0.25) is 5.02 Å². The van der Waals surface area contributed by atoms with Crippen LogP contribution in [0.3, 0.4) is 0 Å². The van der Waals surface area contributed by atoms with E-state index < -0.39 is 6.17 Å². The summed E-state index contributed by atoms with van der Waals surface area (Å²) in [4.78, 5) is 12.1. The average Bonchev–Trinajstić information content (AvgIpc) is 3.14. The summed E-state index contributed by atoms with van der Waals surface area (Å²) in [5, 5.41) is 6.32. The van der Waals surface area contributed by atoms with Crippen LogP contribution in [0.5, 0.6) is 0 Å². The lowest BCUT2D eigenvalue weighted by Gasteiger charge is -2.10. The van der Waals surface area contributed by atoms with Gasteiger partial charge in [0.2, 0.25) is 0 Å². The van der Waals surface area contributed by atoms with Crippen molar-refractivity contribution in [2.45, 2.75) is 18.6 Å². The van der Waals surface area contributed by atoms with Crippen LogP contribution in [0.15, 0.2) is 40.8 Å². The van der Waals surface area contributed by atoms with E-state index in [1.165, 1.54) is 0 Å². The standard InChI is InChI=1S/C16H16ClFN2O2.ClH/c17-13-4-2-1-3-12(13)14-5-6-15(22-14)16(21)20-9-11-7-10(18)8-19-11;/h1-6,10-11,19H,7-9H2,(H,20,21);1H/t10-,11-;/m0./s1. The van der Waals surface area contributed by atoms with Gasteiger partial charge in [-0.2, -0.15) is 0 Å². The van der Waals surface area contributed by atoms with Gasteiger partial charge >= 0.3 is 0 Å². The van der Waals surface area contributed by atoms with Gasteiger partial charge in [-0.1, -0.05) is 23.7 Å². The molecule has 23 heavy (non-hydrogen) atoms. The Morgan fingerprint density at radius 1 is 1.35 bits per heavy atom. The fourth-order valence-corrected chi connectivity index (χ4v) is 2.72. The smallest absolute Gasteiger partial charge is 0.287 e. The van der Waals surface area contributed by atoms with Crippen molar-refractivity contribution in [2.24, 2.45) is 0 Å². The van der Waals surface area contributed by atoms with Gasteiger partial charge in [0.15, 0.2) is 5.76 Å². The van der Waals surface area contributed by atoms with Crippen LogP contribution in [-0.2, 0) is 0 Å². The molecule has 0 spiro atoms. The Labute approximate surface area is 144 Å². The molecule has 0 radical (unpaired) electrons. The van der Waals surface area contributed by atoms with Gasteiger partial charge in [-0.05, 0) is 30.7 Å². The summed E-state index contributed by atoms with van der Waals surface area (Å²) in [6, 6.07) is 10.6. The third kappa shape index (κ3) is 4.25. The molecule has 3 rings (SSSR count). The zero-order valence-electron chi connectivity index (χ0n) is 12.2. The quantitative estimate of drug-likeness (QED) is 0.879. The summed E-state index contributed by atoms with van der Waals surface area (Å²) >= 11 is 6.10. The van der Waals surface area contributed by atoms with Crippen LogP contribution in [0, 0.1) is 0 Å². The molecule has 1 amide bonds. The van der Waals surface area contributed by atoms with Gasteiger partial charge < -0.3 is 15.1 Å². The molecule has 0 unspecified atom stereocenters.